The van der Waals surface area contributed by atoms with Crippen molar-refractivity contribution in [3.63, 3.8) is 0 Å². The van der Waals surface area contributed by atoms with E-state index in [0.717, 1.165) is 0 Å². The third kappa shape index (κ3) is 3.04. The molecule has 0 rings (SSSR count). The Balaban J connectivity index is 3.99. The van der Waals surface area contributed by atoms with E-state index in [1.165, 1.54) is 12.3 Å². The summed E-state index contributed by atoms with van der Waals surface area (Å²) in [6, 6.07) is 0. The maximum absolute atomic E-state index is 3.81. The molecule has 0 atom stereocenters. The van der Waals surface area contributed by atoms with Crippen LogP contribution >= 0.6 is 20.8 Å². The molecule has 0 radical (unpaired) electrons. The molecule has 0 nitrogen and oxygen atoms in total. The second kappa shape index (κ2) is 2.27. The van der Waals surface area contributed by atoms with Gasteiger partial charge in [0, 0.05) is 0 Å². The fourth-order valence-electron chi connectivity index (χ4n) is 0.224. The van der Waals surface area contributed by atoms with Crippen molar-refractivity contribution in [1.82, 2.24) is 0 Å². The van der Waals surface area contributed by atoms with Crippen molar-refractivity contribution in [2.24, 2.45) is 0 Å². The molecule has 0 N–H and O–H groups in total. The quantitative estimate of drug-likeness (QED) is 0.599. The molecule has 0 amide bonds. The van der Waals surface area contributed by atoms with Crippen LogP contribution in [0.25, 0.3) is 0 Å². The van der Waals surface area contributed by atoms with Crippen molar-refractivity contribution >= 4 is 20.8 Å². The van der Waals surface area contributed by atoms with Gasteiger partial charge >= 0.3 is 60.3 Å². The van der Waals surface area contributed by atoms with Gasteiger partial charge in [-0.2, -0.15) is 0 Å². The van der Waals surface area contributed by atoms with Gasteiger partial charge in [0.15, 0.2) is 0 Å². The Hall–Kier alpha value is 0.910. The Morgan fingerprint density at radius 1 is 1.12 bits per heavy atom. The van der Waals surface area contributed by atoms with Gasteiger partial charge in [0.1, 0.15) is 0 Å². The van der Waals surface area contributed by atoms with Gasteiger partial charge in [-0.15, -0.1) is 0 Å². The average Bonchev–Trinajstić information content (AvgIpc) is 1.68. The van der Waals surface area contributed by atoms with Crippen LogP contribution in [0.1, 0.15) is 13.8 Å². The molecule has 0 bridgehead atoms. The molecular weight excluding hydrogens is 183 g/mol. The van der Waals surface area contributed by atoms with Crippen molar-refractivity contribution in [2.45, 2.75) is 13.8 Å². The molecule has 0 aromatic rings. The average molecular weight is 199 g/mol. The number of rotatable bonds is 2. The fraction of sp³-hybridized carbons (Fsp3) is 1.00. The fourth-order valence-corrected chi connectivity index (χ4v) is 0.671. The number of halogens is 1. The van der Waals surface area contributed by atoms with Crippen LogP contribution < -0.4 is 0 Å². The van der Waals surface area contributed by atoms with E-state index >= 15 is 0 Å². The number of hydrogen-bond donors (Lipinski definition) is 0. The first-order chi connectivity index (χ1) is 3.39. The van der Waals surface area contributed by atoms with Crippen LogP contribution in [-0.4, -0.2) is 25.7 Å². The van der Waals surface area contributed by atoms with Crippen molar-refractivity contribution in [3.8, 4) is 0 Å². The molecule has 0 fully saturated rings. The monoisotopic (exact) mass is 198 g/mol. The summed E-state index contributed by atoms with van der Waals surface area (Å²) in [6.07, 6.45) is 2.62. The maximum atomic E-state index is 3.81. The Kier molecular flexibility index (Phi) is 2.52. The molecule has 0 aliphatic heterocycles. The zero-order chi connectivity index (χ0) is 6.86. The van der Waals surface area contributed by atoms with E-state index < -0.39 is 5.31 Å². The molecule has 0 unspecified atom stereocenters. The molecule has 0 aromatic heterocycles. The van der Waals surface area contributed by atoms with Gasteiger partial charge < -0.3 is 0 Å². The van der Waals surface area contributed by atoms with Crippen LogP contribution in [-0.2, 0) is 0 Å². The molecule has 0 saturated heterocycles. The first-order valence-electron chi connectivity index (χ1n) is 3.11. The first-order valence-corrected chi connectivity index (χ1v) is 8.63. The van der Waals surface area contributed by atoms with Crippen LogP contribution in [0.2, 0.25) is 0 Å². The summed E-state index contributed by atoms with van der Waals surface area (Å²) < 4.78 is 0. The predicted octanol–water partition coefficient (Wildman–Crippen LogP) is 3.15. The van der Waals surface area contributed by atoms with E-state index in [-0.39, 0.29) is 0 Å². The van der Waals surface area contributed by atoms with Crippen LogP contribution in [0.3, 0.4) is 0 Å². The third-order valence-corrected chi connectivity index (χ3v) is 8.86. The van der Waals surface area contributed by atoms with Gasteiger partial charge in [-0.25, -0.2) is 0 Å². The Bertz CT molecular complexity index is 72.3. The normalized spacial score (nSPS) is 17.4. The minimum atomic E-state index is -1.29. The summed E-state index contributed by atoms with van der Waals surface area (Å²) in [4.78, 5) is 0. The summed E-state index contributed by atoms with van der Waals surface area (Å²) in [6.45, 7) is 9.25. The van der Waals surface area contributed by atoms with E-state index in [4.69, 9.17) is 0 Å². The molecule has 0 aromatic carbocycles. The van der Waals surface area contributed by atoms with Crippen LogP contribution in [0.15, 0.2) is 0 Å². The Morgan fingerprint density at radius 2 is 1.38 bits per heavy atom. The summed E-state index contributed by atoms with van der Waals surface area (Å²) in [5.41, 5.74) is 0. The van der Waals surface area contributed by atoms with Gasteiger partial charge in [0.25, 0.3) is 0 Å². The van der Waals surface area contributed by atoms with Crippen molar-refractivity contribution in [2.75, 3.05) is 25.7 Å². The zero-order valence-electron chi connectivity index (χ0n) is 6.24. The summed E-state index contributed by atoms with van der Waals surface area (Å²) in [7, 11) is 0. The standard InChI is InChI=1S/C6H16BrP/c1-5-8(3,4,7)6-2/h5-6H2,1-4H3. The predicted molar refractivity (Wildman–Crippen MR) is 48.8 cm³/mol. The minimum absolute atomic E-state index is 1.29. The van der Waals surface area contributed by atoms with Gasteiger partial charge in [-0.05, 0) is 0 Å². The van der Waals surface area contributed by atoms with E-state index in [2.05, 4.69) is 42.7 Å². The summed E-state index contributed by atoms with van der Waals surface area (Å²) in [5, 5.41) is -1.29. The SMILES string of the molecule is CCP(C)(C)(Br)CC. The topological polar surface area (TPSA) is 0 Å². The molecule has 0 heterocycles. The van der Waals surface area contributed by atoms with E-state index in [1.54, 1.807) is 0 Å². The molecular formula is C6H16BrP. The number of hydrogen-bond acceptors (Lipinski definition) is 0. The first kappa shape index (κ1) is 8.91. The van der Waals surface area contributed by atoms with E-state index in [0.29, 0.717) is 0 Å². The second-order valence-electron chi connectivity index (χ2n) is 3.15. The van der Waals surface area contributed by atoms with E-state index in [9.17, 15) is 0 Å². The van der Waals surface area contributed by atoms with E-state index in [1.807, 2.05) is 0 Å². The third-order valence-electron chi connectivity index (χ3n) is 1.95. The van der Waals surface area contributed by atoms with Crippen molar-refractivity contribution < 1.29 is 0 Å². The molecule has 52 valence electrons. The van der Waals surface area contributed by atoms with Crippen molar-refractivity contribution in [1.29, 1.82) is 0 Å². The molecule has 2 heteroatoms. The van der Waals surface area contributed by atoms with Crippen LogP contribution in [0.4, 0.5) is 0 Å². The molecule has 0 spiro atoms. The summed E-state index contributed by atoms with van der Waals surface area (Å²) >= 11 is 3.81. The van der Waals surface area contributed by atoms with Gasteiger partial charge in [0.2, 0.25) is 0 Å². The Morgan fingerprint density at radius 3 is 1.38 bits per heavy atom. The molecule has 8 heavy (non-hydrogen) atoms. The van der Waals surface area contributed by atoms with Crippen molar-refractivity contribution in [3.05, 3.63) is 0 Å². The van der Waals surface area contributed by atoms with Crippen LogP contribution in [0, 0.1) is 0 Å². The second-order valence-corrected chi connectivity index (χ2v) is 16.7. The van der Waals surface area contributed by atoms with Crippen LogP contribution in [0.5, 0.6) is 0 Å². The Labute approximate surface area is 60.7 Å². The van der Waals surface area contributed by atoms with Gasteiger partial charge in [0.05, 0.1) is 0 Å². The molecule has 0 aliphatic rings. The molecule has 0 aliphatic carbocycles. The molecule has 0 saturated carbocycles. The van der Waals surface area contributed by atoms with Gasteiger partial charge in [-0.3, -0.25) is 0 Å². The zero-order valence-corrected chi connectivity index (χ0v) is 8.72. The van der Waals surface area contributed by atoms with Gasteiger partial charge in [-0.1, -0.05) is 0 Å². The summed E-state index contributed by atoms with van der Waals surface area (Å²) in [5.74, 6) is 0.